The van der Waals surface area contributed by atoms with E-state index in [1.54, 1.807) is 0 Å². The standard InChI is InChI=1S/C19H24N2O2/c1-12-4-6-17-15(9-12)16-10-13(5-7-18(16)21-17)19(22)20-11-14-3-2-8-23-14/h5,7,10,12,14,21H,2-4,6,8-9,11H2,1H3,(H,20,22). The second-order valence-corrected chi connectivity index (χ2v) is 7.04. The molecule has 1 amide bonds. The normalized spacial score (nSPS) is 23.9. The summed E-state index contributed by atoms with van der Waals surface area (Å²) in [6.07, 6.45) is 5.79. The monoisotopic (exact) mass is 312 g/mol. The average Bonchev–Trinajstić information content (AvgIpc) is 3.19. The van der Waals surface area contributed by atoms with E-state index in [0.717, 1.165) is 49.3 Å². The minimum atomic E-state index is 0.00112. The van der Waals surface area contributed by atoms with Crippen molar-refractivity contribution in [3.05, 3.63) is 35.0 Å². The fourth-order valence-electron chi connectivity index (χ4n) is 3.85. The van der Waals surface area contributed by atoms with Crippen molar-refractivity contribution in [2.75, 3.05) is 13.2 Å². The highest BCUT2D eigenvalue weighted by atomic mass is 16.5. The number of fused-ring (bicyclic) bond motifs is 3. The molecular formula is C19H24N2O2. The number of hydrogen-bond acceptors (Lipinski definition) is 2. The van der Waals surface area contributed by atoms with Crippen LogP contribution in [-0.2, 0) is 17.6 Å². The number of hydrogen-bond donors (Lipinski definition) is 2. The molecule has 0 spiro atoms. The molecule has 1 aliphatic heterocycles. The van der Waals surface area contributed by atoms with Crippen LogP contribution in [0.4, 0.5) is 0 Å². The van der Waals surface area contributed by atoms with Crippen molar-refractivity contribution in [2.45, 2.75) is 45.1 Å². The predicted molar refractivity (Wildman–Crippen MR) is 90.8 cm³/mol. The van der Waals surface area contributed by atoms with Gasteiger partial charge in [0.25, 0.3) is 5.91 Å². The zero-order valence-electron chi connectivity index (χ0n) is 13.7. The summed E-state index contributed by atoms with van der Waals surface area (Å²) in [6.45, 7) is 3.74. The third kappa shape index (κ3) is 2.88. The number of nitrogens with one attached hydrogen (secondary N) is 2. The highest BCUT2D eigenvalue weighted by Crippen LogP contribution is 2.32. The van der Waals surface area contributed by atoms with Crippen molar-refractivity contribution in [1.29, 1.82) is 0 Å². The maximum atomic E-state index is 12.4. The molecule has 1 aliphatic carbocycles. The highest BCUT2D eigenvalue weighted by Gasteiger charge is 2.21. The Bertz CT molecular complexity index is 728. The Balaban J connectivity index is 1.55. The van der Waals surface area contributed by atoms with Gasteiger partial charge in [0.05, 0.1) is 6.10 Å². The number of H-pyrrole nitrogens is 1. The minimum absolute atomic E-state index is 0.00112. The number of amides is 1. The third-order valence-corrected chi connectivity index (χ3v) is 5.21. The molecule has 1 aromatic carbocycles. The fourth-order valence-corrected chi connectivity index (χ4v) is 3.85. The zero-order valence-corrected chi connectivity index (χ0v) is 13.7. The molecule has 2 atom stereocenters. The minimum Gasteiger partial charge on any atom is -0.376 e. The Morgan fingerprint density at radius 2 is 2.30 bits per heavy atom. The molecule has 1 saturated heterocycles. The maximum Gasteiger partial charge on any atom is 0.251 e. The van der Waals surface area contributed by atoms with Crippen molar-refractivity contribution in [3.63, 3.8) is 0 Å². The Kier molecular flexibility index (Phi) is 3.85. The van der Waals surface area contributed by atoms with Gasteiger partial charge in [-0.2, -0.15) is 0 Å². The third-order valence-electron chi connectivity index (χ3n) is 5.21. The van der Waals surface area contributed by atoms with Crippen LogP contribution in [0.25, 0.3) is 10.9 Å². The summed E-state index contributed by atoms with van der Waals surface area (Å²) in [5, 5.41) is 4.23. The summed E-state index contributed by atoms with van der Waals surface area (Å²) >= 11 is 0. The molecule has 4 heteroatoms. The average molecular weight is 312 g/mol. The van der Waals surface area contributed by atoms with E-state index in [4.69, 9.17) is 4.74 Å². The smallest absolute Gasteiger partial charge is 0.251 e. The largest absolute Gasteiger partial charge is 0.376 e. The maximum absolute atomic E-state index is 12.4. The summed E-state index contributed by atoms with van der Waals surface area (Å²) in [4.78, 5) is 16.0. The number of aryl methyl sites for hydroxylation is 1. The van der Waals surface area contributed by atoms with Crippen LogP contribution >= 0.6 is 0 Å². The number of ether oxygens (including phenoxy) is 1. The summed E-state index contributed by atoms with van der Waals surface area (Å²) in [7, 11) is 0. The molecule has 4 rings (SSSR count). The molecule has 2 heterocycles. The van der Waals surface area contributed by atoms with Gasteiger partial charge in [0, 0.05) is 35.3 Å². The van der Waals surface area contributed by atoms with Crippen LogP contribution in [0.3, 0.4) is 0 Å². The van der Waals surface area contributed by atoms with Crippen LogP contribution in [-0.4, -0.2) is 30.1 Å². The highest BCUT2D eigenvalue weighted by molar-refractivity contribution is 5.99. The second kappa shape index (κ2) is 6.00. The Morgan fingerprint density at radius 1 is 1.39 bits per heavy atom. The molecule has 2 N–H and O–H groups in total. The molecule has 0 radical (unpaired) electrons. The van der Waals surface area contributed by atoms with Crippen LogP contribution in [0.2, 0.25) is 0 Å². The molecule has 1 aromatic heterocycles. The van der Waals surface area contributed by atoms with Crippen LogP contribution in [0.5, 0.6) is 0 Å². The van der Waals surface area contributed by atoms with Gasteiger partial charge in [-0.05, 0) is 61.8 Å². The van der Waals surface area contributed by atoms with Gasteiger partial charge in [-0.15, -0.1) is 0 Å². The van der Waals surface area contributed by atoms with E-state index in [0.29, 0.717) is 6.54 Å². The lowest BCUT2D eigenvalue weighted by Crippen LogP contribution is -2.31. The lowest BCUT2D eigenvalue weighted by molar-refractivity contribution is 0.0858. The summed E-state index contributed by atoms with van der Waals surface area (Å²) in [5.74, 6) is 0.722. The van der Waals surface area contributed by atoms with Gasteiger partial charge < -0.3 is 15.0 Å². The van der Waals surface area contributed by atoms with Gasteiger partial charge in [-0.3, -0.25) is 4.79 Å². The first-order valence-electron chi connectivity index (χ1n) is 8.74. The SMILES string of the molecule is CC1CCc2[nH]c3ccc(C(=O)NCC4CCCO4)cc3c2C1. The van der Waals surface area contributed by atoms with E-state index in [1.807, 2.05) is 18.2 Å². The van der Waals surface area contributed by atoms with E-state index >= 15 is 0 Å². The van der Waals surface area contributed by atoms with Crippen molar-refractivity contribution in [2.24, 2.45) is 5.92 Å². The molecule has 1 fully saturated rings. The van der Waals surface area contributed by atoms with Gasteiger partial charge in [-0.25, -0.2) is 0 Å². The van der Waals surface area contributed by atoms with E-state index in [1.165, 1.54) is 23.1 Å². The molecule has 2 aromatic rings. The summed E-state index contributed by atoms with van der Waals surface area (Å²) in [6, 6.07) is 6.01. The number of rotatable bonds is 3. The molecular weight excluding hydrogens is 288 g/mol. The summed E-state index contributed by atoms with van der Waals surface area (Å²) in [5.41, 5.74) is 4.66. The van der Waals surface area contributed by atoms with E-state index < -0.39 is 0 Å². The first kappa shape index (κ1) is 14.8. The topological polar surface area (TPSA) is 54.1 Å². The first-order chi connectivity index (χ1) is 11.2. The van der Waals surface area contributed by atoms with Crippen molar-refractivity contribution in [1.82, 2.24) is 10.3 Å². The van der Waals surface area contributed by atoms with Crippen molar-refractivity contribution in [3.8, 4) is 0 Å². The van der Waals surface area contributed by atoms with Gasteiger partial charge in [0.1, 0.15) is 0 Å². The van der Waals surface area contributed by atoms with E-state index in [-0.39, 0.29) is 12.0 Å². The molecule has 0 saturated carbocycles. The molecule has 0 bridgehead atoms. The molecule has 2 unspecified atom stereocenters. The number of carbonyl (C=O) groups is 1. The second-order valence-electron chi connectivity index (χ2n) is 7.04. The van der Waals surface area contributed by atoms with Gasteiger partial charge in [0.2, 0.25) is 0 Å². The van der Waals surface area contributed by atoms with Crippen molar-refractivity contribution < 1.29 is 9.53 Å². The molecule has 2 aliphatic rings. The number of carbonyl (C=O) groups excluding carboxylic acids is 1. The Labute approximate surface area is 136 Å². The quantitative estimate of drug-likeness (QED) is 0.914. The molecule has 23 heavy (non-hydrogen) atoms. The van der Waals surface area contributed by atoms with Crippen LogP contribution in [0, 0.1) is 5.92 Å². The van der Waals surface area contributed by atoms with Crippen LogP contribution < -0.4 is 5.32 Å². The lowest BCUT2D eigenvalue weighted by atomic mass is 9.87. The van der Waals surface area contributed by atoms with Gasteiger partial charge in [-0.1, -0.05) is 6.92 Å². The first-order valence-corrected chi connectivity index (χ1v) is 8.74. The fraction of sp³-hybridized carbons (Fsp3) is 0.526. The van der Waals surface area contributed by atoms with E-state index in [2.05, 4.69) is 17.2 Å². The van der Waals surface area contributed by atoms with Crippen molar-refractivity contribution >= 4 is 16.8 Å². The lowest BCUT2D eigenvalue weighted by Gasteiger charge is -2.18. The van der Waals surface area contributed by atoms with E-state index in [9.17, 15) is 4.79 Å². The number of benzene rings is 1. The Morgan fingerprint density at radius 3 is 3.13 bits per heavy atom. The molecule has 4 nitrogen and oxygen atoms in total. The molecule has 122 valence electrons. The Hall–Kier alpha value is -1.81. The van der Waals surface area contributed by atoms with Gasteiger partial charge in [0.15, 0.2) is 0 Å². The summed E-state index contributed by atoms with van der Waals surface area (Å²) < 4.78 is 5.56. The van der Waals surface area contributed by atoms with Crippen LogP contribution in [0.15, 0.2) is 18.2 Å². The van der Waals surface area contributed by atoms with Gasteiger partial charge >= 0.3 is 0 Å². The predicted octanol–water partition coefficient (Wildman–Crippen LogP) is 3.20. The number of aromatic nitrogens is 1. The zero-order chi connectivity index (χ0) is 15.8. The van der Waals surface area contributed by atoms with Crippen LogP contribution in [0.1, 0.15) is 47.8 Å². The number of aromatic amines is 1.